The molecule has 1 aromatic heterocycles. The lowest BCUT2D eigenvalue weighted by Gasteiger charge is -2.21. The summed E-state index contributed by atoms with van der Waals surface area (Å²) in [5, 5.41) is 8.57. The molecule has 29 heavy (non-hydrogen) atoms. The lowest BCUT2D eigenvalue weighted by atomic mass is 10.0. The Labute approximate surface area is 169 Å². The first-order chi connectivity index (χ1) is 14.2. The number of para-hydroxylation sites is 1. The van der Waals surface area contributed by atoms with Crippen molar-refractivity contribution >= 4 is 16.8 Å². The Morgan fingerprint density at radius 1 is 1.03 bits per heavy atom. The molecule has 4 aromatic rings. The van der Waals surface area contributed by atoms with E-state index in [4.69, 9.17) is 4.74 Å². The number of benzene rings is 3. The molecule has 5 heteroatoms. The van der Waals surface area contributed by atoms with Crippen LogP contribution in [0.25, 0.3) is 11.0 Å². The van der Waals surface area contributed by atoms with Crippen molar-refractivity contribution in [2.24, 2.45) is 0 Å². The summed E-state index contributed by atoms with van der Waals surface area (Å²) in [5.41, 5.74) is 3.94. The van der Waals surface area contributed by atoms with Gasteiger partial charge in [-0.25, -0.2) is 4.68 Å². The third-order valence-corrected chi connectivity index (χ3v) is 4.86. The van der Waals surface area contributed by atoms with Crippen LogP contribution in [0.5, 0.6) is 5.75 Å². The van der Waals surface area contributed by atoms with Crippen molar-refractivity contribution in [3.8, 4) is 5.75 Å². The Morgan fingerprint density at radius 2 is 1.79 bits per heavy atom. The van der Waals surface area contributed by atoms with Gasteiger partial charge in [-0.15, -0.1) is 5.10 Å². The van der Waals surface area contributed by atoms with Gasteiger partial charge in [-0.05, 0) is 31.2 Å². The molecule has 1 heterocycles. The van der Waals surface area contributed by atoms with Gasteiger partial charge in [-0.2, -0.15) is 0 Å². The Kier molecular flexibility index (Phi) is 5.38. The number of aryl methyl sites for hydroxylation is 1. The van der Waals surface area contributed by atoms with Crippen LogP contribution in [0, 0.1) is 6.92 Å². The molecule has 5 nitrogen and oxygen atoms in total. The van der Waals surface area contributed by atoms with Crippen molar-refractivity contribution in [2.75, 3.05) is 0 Å². The van der Waals surface area contributed by atoms with E-state index in [0.717, 1.165) is 29.4 Å². The second-order valence-electron chi connectivity index (χ2n) is 7.08. The number of hydrogen-bond donors (Lipinski definition) is 0. The summed E-state index contributed by atoms with van der Waals surface area (Å²) in [6, 6.07) is 22.8. The van der Waals surface area contributed by atoms with Gasteiger partial charge in [-0.1, -0.05) is 72.7 Å². The van der Waals surface area contributed by atoms with E-state index in [0.29, 0.717) is 16.9 Å². The molecule has 0 bridgehead atoms. The summed E-state index contributed by atoms with van der Waals surface area (Å²) in [4.78, 5) is 13.1. The van der Waals surface area contributed by atoms with Gasteiger partial charge < -0.3 is 4.74 Å². The van der Waals surface area contributed by atoms with E-state index >= 15 is 0 Å². The first-order valence-electron chi connectivity index (χ1n) is 9.84. The predicted octanol–water partition coefficient (Wildman–Crippen LogP) is 5.35. The standard InChI is InChI=1S/C24H23N3O2/c1-3-9-23(27-21-13-8-7-12-20(21)25-26-27)29-22-15-14-17(2)16-19(22)24(28)18-10-5-4-6-11-18/h4-8,10-16,23H,3,9H2,1-2H3. The van der Waals surface area contributed by atoms with Gasteiger partial charge >= 0.3 is 0 Å². The number of carbonyl (C=O) groups is 1. The smallest absolute Gasteiger partial charge is 0.196 e. The molecule has 0 N–H and O–H groups in total. The number of ether oxygens (including phenoxy) is 1. The zero-order valence-electron chi connectivity index (χ0n) is 16.6. The number of hydrogen-bond acceptors (Lipinski definition) is 4. The largest absolute Gasteiger partial charge is 0.468 e. The summed E-state index contributed by atoms with van der Waals surface area (Å²) >= 11 is 0. The van der Waals surface area contributed by atoms with Crippen molar-refractivity contribution in [3.63, 3.8) is 0 Å². The Bertz CT molecular complexity index is 1140. The summed E-state index contributed by atoms with van der Waals surface area (Å²) < 4.78 is 8.18. The molecule has 0 radical (unpaired) electrons. The molecule has 3 aromatic carbocycles. The lowest BCUT2D eigenvalue weighted by Crippen LogP contribution is -2.19. The van der Waals surface area contributed by atoms with Gasteiger partial charge in [0.2, 0.25) is 0 Å². The molecule has 0 fully saturated rings. The highest BCUT2D eigenvalue weighted by Gasteiger charge is 2.21. The van der Waals surface area contributed by atoms with Crippen LogP contribution < -0.4 is 4.74 Å². The SMILES string of the molecule is CCCC(Oc1ccc(C)cc1C(=O)c1ccccc1)n1nnc2ccccc21. The fraction of sp³-hybridized carbons (Fsp3) is 0.208. The van der Waals surface area contributed by atoms with E-state index in [2.05, 4.69) is 17.2 Å². The quantitative estimate of drug-likeness (QED) is 0.403. The number of rotatable bonds is 7. The van der Waals surface area contributed by atoms with Crippen LogP contribution in [0.1, 0.15) is 47.5 Å². The summed E-state index contributed by atoms with van der Waals surface area (Å²) in [7, 11) is 0. The van der Waals surface area contributed by atoms with Crippen LogP contribution in [-0.4, -0.2) is 20.8 Å². The van der Waals surface area contributed by atoms with Crippen molar-refractivity contribution in [1.29, 1.82) is 0 Å². The Morgan fingerprint density at radius 3 is 2.59 bits per heavy atom. The summed E-state index contributed by atoms with van der Waals surface area (Å²) in [6.07, 6.45) is 1.31. The van der Waals surface area contributed by atoms with Crippen LogP contribution >= 0.6 is 0 Å². The average Bonchev–Trinajstić information content (AvgIpc) is 3.19. The zero-order chi connectivity index (χ0) is 20.2. The minimum absolute atomic E-state index is 0.0528. The maximum Gasteiger partial charge on any atom is 0.196 e. The van der Waals surface area contributed by atoms with Crippen LogP contribution in [0.15, 0.2) is 72.8 Å². The normalized spacial score (nSPS) is 12.1. The van der Waals surface area contributed by atoms with E-state index in [1.807, 2.05) is 79.7 Å². The van der Waals surface area contributed by atoms with Crippen LogP contribution in [0.4, 0.5) is 0 Å². The van der Waals surface area contributed by atoms with Crippen LogP contribution in [0.3, 0.4) is 0 Å². The molecule has 0 aliphatic rings. The highest BCUT2D eigenvalue weighted by Crippen LogP contribution is 2.29. The number of aromatic nitrogens is 3. The zero-order valence-corrected chi connectivity index (χ0v) is 16.6. The molecular weight excluding hydrogens is 362 g/mol. The number of fused-ring (bicyclic) bond motifs is 1. The number of carbonyl (C=O) groups excluding carboxylic acids is 1. The highest BCUT2D eigenvalue weighted by molar-refractivity contribution is 6.10. The topological polar surface area (TPSA) is 57.0 Å². The highest BCUT2D eigenvalue weighted by atomic mass is 16.5. The molecule has 0 spiro atoms. The molecule has 1 unspecified atom stereocenters. The fourth-order valence-electron chi connectivity index (χ4n) is 3.39. The molecule has 1 atom stereocenters. The third-order valence-electron chi connectivity index (χ3n) is 4.86. The summed E-state index contributed by atoms with van der Waals surface area (Å²) in [6.45, 7) is 4.07. The maximum absolute atomic E-state index is 13.1. The van der Waals surface area contributed by atoms with Gasteiger partial charge in [-0.3, -0.25) is 4.79 Å². The molecule has 0 saturated carbocycles. The molecule has 0 aliphatic heterocycles. The fourth-order valence-corrected chi connectivity index (χ4v) is 3.39. The second-order valence-corrected chi connectivity index (χ2v) is 7.08. The maximum atomic E-state index is 13.1. The van der Waals surface area contributed by atoms with Crippen molar-refractivity contribution in [1.82, 2.24) is 15.0 Å². The summed E-state index contributed by atoms with van der Waals surface area (Å²) in [5.74, 6) is 0.505. The molecule has 0 saturated heterocycles. The number of nitrogens with zero attached hydrogens (tertiary/aromatic N) is 3. The minimum atomic E-state index is -0.350. The van der Waals surface area contributed by atoms with E-state index in [-0.39, 0.29) is 12.0 Å². The van der Waals surface area contributed by atoms with E-state index < -0.39 is 0 Å². The van der Waals surface area contributed by atoms with Crippen LogP contribution in [0.2, 0.25) is 0 Å². The second kappa shape index (κ2) is 8.27. The molecule has 0 amide bonds. The van der Waals surface area contributed by atoms with Crippen LogP contribution in [-0.2, 0) is 0 Å². The van der Waals surface area contributed by atoms with Gasteiger partial charge in [0.05, 0.1) is 11.1 Å². The monoisotopic (exact) mass is 385 g/mol. The molecule has 146 valence electrons. The lowest BCUT2D eigenvalue weighted by molar-refractivity contribution is 0.0979. The third kappa shape index (κ3) is 3.90. The van der Waals surface area contributed by atoms with E-state index in [1.165, 1.54) is 0 Å². The van der Waals surface area contributed by atoms with E-state index in [9.17, 15) is 4.79 Å². The van der Waals surface area contributed by atoms with Gasteiger partial charge in [0.1, 0.15) is 11.3 Å². The van der Waals surface area contributed by atoms with Crippen molar-refractivity contribution in [3.05, 3.63) is 89.5 Å². The molecule has 4 rings (SSSR count). The minimum Gasteiger partial charge on any atom is -0.468 e. The Balaban J connectivity index is 1.73. The van der Waals surface area contributed by atoms with Gasteiger partial charge in [0.15, 0.2) is 12.0 Å². The molecular formula is C24H23N3O2. The Hall–Kier alpha value is -3.47. The van der Waals surface area contributed by atoms with Gasteiger partial charge in [0, 0.05) is 12.0 Å². The first kappa shape index (κ1) is 18.9. The average molecular weight is 385 g/mol. The van der Waals surface area contributed by atoms with Gasteiger partial charge in [0.25, 0.3) is 0 Å². The van der Waals surface area contributed by atoms with Crippen molar-refractivity contribution < 1.29 is 9.53 Å². The number of ketones is 1. The predicted molar refractivity (Wildman–Crippen MR) is 113 cm³/mol. The molecule has 0 aliphatic carbocycles. The first-order valence-corrected chi connectivity index (χ1v) is 9.84. The van der Waals surface area contributed by atoms with E-state index in [1.54, 1.807) is 4.68 Å². The van der Waals surface area contributed by atoms with Crippen molar-refractivity contribution in [2.45, 2.75) is 32.9 Å².